The van der Waals surface area contributed by atoms with E-state index in [9.17, 15) is 9.18 Å². The Morgan fingerprint density at radius 3 is 2.90 bits per heavy atom. The molecule has 1 saturated carbocycles. The molecule has 0 atom stereocenters. The standard InChI is InChI=1S/C14H15FN2O2S/c15-9-5-6-12-11(7-9)16-14(20-8-13(18)19)17(12)10-3-1-2-4-10/h5-7,10H,1-4,8H2,(H,18,19). The van der Waals surface area contributed by atoms with Crippen molar-refractivity contribution in [1.82, 2.24) is 9.55 Å². The van der Waals surface area contributed by atoms with E-state index in [2.05, 4.69) is 9.55 Å². The molecule has 106 valence electrons. The highest BCUT2D eigenvalue weighted by Gasteiger charge is 2.23. The molecule has 20 heavy (non-hydrogen) atoms. The Morgan fingerprint density at radius 1 is 1.45 bits per heavy atom. The van der Waals surface area contributed by atoms with E-state index in [1.54, 1.807) is 6.07 Å². The molecule has 1 heterocycles. The maximum atomic E-state index is 13.3. The number of nitrogens with zero attached hydrogens (tertiary/aromatic N) is 2. The highest BCUT2D eigenvalue weighted by Crippen LogP contribution is 2.36. The summed E-state index contributed by atoms with van der Waals surface area (Å²) >= 11 is 1.20. The lowest BCUT2D eigenvalue weighted by Gasteiger charge is -2.15. The lowest BCUT2D eigenvalue weighted by molar-refractivity contribution is -0.133. The molecule has 3 rings (SSSR count). The molecule has 0 spiro atoms. The fourth-order valence-electron chi connectivity index (χ4n) is 2.79. The summed E-state index contributed by atoms with van der Waals surface area (Å²) in [4.78, 5) is 15.2. The summed E-state index contributed by atoms with van der Waals surface area (Å²) in [5.41, 5.74) is 1.50. The lowest BCUT2D eigenvalue weighted by Crippen LogP contribution is -2.07. The SMILES string of the molecule is O=C(O)CSc1nc2cc(F)ccc2n1C1CCCC1. The molecule has 1 aromatic heterocycles. The molecule has 0 radical (unpaired) electrons. The summed E-state index contributed by atoms with van der Waals surface area (Å²) < 4.78 is 15.4. The third-order valence-electron chi connectivity index (χ3n) is 3.63. The molecule has 0 bridgehead atoms. The number of fused-ring (bicyclic) bond motifs is 1. The molecule has 1 N–H and O–H groups in total. The second-order valence-corrected chi connectivity index (χ2v) is 5.96. The van der Waals surface area contributed by atoms with Crippen LogP contribution in [-0.4, -0.2) is 26.4 Å². The number of halogens is 1. The van der Waals surface area contributed by atoms with Gasteiger partial charge in [0.25, 0.3) is 0 Å². The Morgan fingerprint density at radius 2 is 2.20 bits per heavy atom. The monoisotopic (exact) mass is 294 g/mol. The third kappa shape index (κ3) is 2.52. The summed E-state index contributed by atoms with van der Waals surface area (Å²) in [6.07, 6.45) is 4.50. The minimum absolute atomic E-state index is 0.0292. The van der Waals surface area contributed by atoms with Gasteiger partial charge in [0.2, 0.25) is 0 Å². The van der Waals surface area contributed by atoms with Crippen LogP contribution in [0.2, 0.25) is 0 Å². The molecule has 1 aliphatic rings. The van der Waals surface area contributed by atoms with Gasteiger partial charge in [-0.1, -0.05) is 24.6 Å². The first kappa shape index (κ1) is 13.4. The lowest BCUT2D eigenvalue weighted by atomic mass is 10.2. The van der Waals surface area contributed by atoms with Crippen LogP contribution >= 0.6 is 11.8 Å². The highest BCUT2D eigenvalue weighted by molar-refractivity contribution is 7.99. The van der Waals surface area contributed by atoms with Gasteiger partial charge in [0.1, 0.15) is 5.82 Å². The van der Waals surface area contributed by atoms with Crippen molar-refractivity contribution in [2.24, 2.45) is 0 Å². The van der Waals surface area contributed by atoms with Crippen LogP contribution in [0, 0.1) is 5.82 Å². The van der Waals surface area contributed by atoms with E-state index in [-0.39, 0.29) is 11.6 Å². The van der Waals surface area contributed by atoms with Crippen LogP contribution in [0.1, 0.15) is 31.7 Å². The number of benzene rings is 1. The van der Waals surface area contributed by atoms with E-state index in [1.807, 2.05) is 0 Å². The topological polar surface area (TPSA) is 55.1 Å². The molecule has 2 aromatic rings. The number of rotatable bonds is 4. The Labute approximate surface area is 120 Å². The zero-order chi connectivity index (χ0) is 14.1. The van der Waals surface area contributed by atoms with Crippen molar-refractivity contribution >= 4 is 28.8 Å². The maximum Gasteiger partial charge on any atom is 0.313 e. The van der Waals surface area contributed by atoms with Gasteiger partial charge in [-0.15, -0.1) is 0 Å². The van der Waals surface area contributed by atoms with Crippen LogP contribution in [-0.2, 0) is 4.79 Å². The molecule has 0 unspecified atom stereocenters. The van der Waals surface area contributed by atoms with Crippen molar-refractivity contribution in [3.8, 4) is 0 Å². The van der Waals surface area contributed by atoms with Gasteiger partial charge in [-0.2, -0.15) is 0 Å². The number of aromatic nitrogens is 2. The van der Waals surface area contributed by atoms with E-state index >= 15 is 0 Å². The van der Waals surface area contributed by atoms with E-state index in [4.69, 9.17) is 5.11 Å². The molecule has 6 heteroatoms. The summed E-state index contributed by atoms with van der Waals surface area (Å²) in [7, 11) is 0. The Balaban J connectivity index is 2.05. The number of aliphatic carboxylic acids is 1. The highest BCUT2D eigenvalue weighted by atomic mass is 32.2. The van der Waals surface area contributed by atoms with Gasteiger partial charge in [0.05, 0.1) is 16.8 Å². The summed E-state index contributed by atoms with van der Waals surface area (Å²) in [6, 6.07) is 4.93. The van der Waals surface area contributed by atoms with Gasteiger partial charge in [-0.25, -0.2) is 9.37 Å². The first-order valence-corrected chi connectivity index (χ1v) is 7.66. The quantitative estimate of drug-likeness (QED) is 0.877. The molecule has 4 nitrogen and oxygen atoms in total. The van der Waals surface area contributed by atoms with Crippen LogP contribution in [0.25, 0.3) is 11.0 Å². The van der Waals surface area contributed by atoms with E-state index in [0.29, 0.717) is 16.7 Å². The van der Waals surface area contributed by atoms with E-state index in [0.717, 1.165) is 18.4 Å². The van der Waals surface area contributed by atoms with Crippen molar-refractivity contribution in [3.63, 3.8) is 0 Å². The predicted octanol–water partition coefficient (Wildman–Crippen LogP) is 3.47. The minimum Gasteiger partial charge on any atom is -0.481 e. The van der Waals surface area contributed by atoms with Gasteiger partial charge in [0.15, 0.2) is 5.16 Å². The first-order valence-electron chi connectivity index (χ1n) is 6.67. The molecular weight excluding hydrogens is 279 g/mol. The number of carbonyl (C=O) groups is 1. The van der Waals surface area contributed by atoms with Crippen molar-refractivity contribution in [3.05, 3.63) is 24.0 Å². The number of carboxylic acids is 1. The van der Waals surface area contributed by atoms with Gasteiger partial charge in [0, 0.05) is 12.1 Å². The molecule has 1 aliphatic carbocycles. The van der Waals surface area contributed by atoms with Crippen molar-refractivity contribution < 1.29 is 14.3 Å². The number of imidazole rings is 1. The fourth-order valence-corrected chi connectivity index (χ4v) is 3.60. The molecule has 0 aliphatic heterocycles. The Hall–Kier alpha value is -1.56. The largest absolute Gasteiger partial charge is 0.481 e. The van der Waals surface area contributed by atoms with Crippen molar-refractivity contribution in [1.29, 1.82) is 0 Å². The number of carboxylic acid groups (broad SMARTS) is 1. The zero-order valence-corrected chi connectivity index (χ0v) is 11.7. The maximum absolute atomic E-state index is 13.3. The normalized spacial score (nSPS) is 16.1. The molecular formula is C14H15FN2O2S. The predicted molar refractivity (Wildman–Crippen MR) is 75.6 cm³/mol. The average Bonchev–Trinajstić information content (AvgIpc) is 3.01. The van der Waals surface area contributed by atoms with Crippen LogP contribution in [0.15, 0.2) is 23.4 Å². The molecule has 0 amide bonds. The van der Waals surface area contributed by atoms with Gasteiger partial charge >= 0.3 is 5.97 Å². The summed E-state index contributed by atoms with van der Waals surface area (Å²) in [6.45, 7) is 0. The van der Waals surface area contributed by atoms with Crippen LogP contribution in [0.5, 0.6) is 0 Å². The fraction of sp³-hybridized carbons (Fsp3) is 0.429. The molecule has 1 aromatic carbocycles. The second-order valence-electron chi connectivity index (χ2n) is 5.02. The Kier molecular flexibility index (Phi) is 3.65. The summed E-state index contributed by atoms with van der Waals surface area (Å²) in [5, 5.41) is 9.51. The molecule has 1 fully saturated rings. The molecule has 0 saturated heterocycles. The van der Waals surface area contributed by atoms with Crippen LogP contribution < -0.4 is 0 Å². The van der Waals surface area contributed by atoms with E-state index < -0.39 is 5.97 Å². The number of thioether (sulfide) groups is 1. The third-order valence-corrected chi connectivity index (χ3v) is 4.57. The Bertz CT molecular complexity index is 650. The van der Waals surface area contributed by atoms with E-state index in [1.165, 1.54) is 36.7 Å². The second kappa shape index (κ2) is 5.44. The van der Waals surface area contributed by atoms with Crippen molar-refractivity contribution in [2.75, 3.05) is 5.75 Å². The number of hydrogen-bond acceptors (Lipinski definition) is 3. The van der Waals surface area contributed by atoms with Crippen LogP contribution in [0.3, 0.4) is 0 Å². The smallest absolute Gasteiger partial charge is 0.313 e. The minimum atomic E-state index is -0.869. The first-order chi connectivity index (χ1) is 9.65. The van der Waals surface area contributed by atoms with Gasteiger partial charge < -0.3 is 9.67 Å². The van der Waals surface area contributed by atoms with Gasteiger partial charge in [-0.05, 0) is 25.0 Å². The zero-order valence-electron chi connectivity index (χ0n) is 10.9. The van der Waals surface area contributed by atoms with Crippen molar-refractivity contribution in [2.45, 2.75) is 36.9 Å². The average molecular weight is 294 g/mol. The van der Waals surface area contributed by atoms with Crippen LogP contribution in [0.4, 0.5) is 4.39 Å². The summed E-state index contributed by atoms with van der Waals surface area (Å²) in [5.74, 6) is -1.21. The van der Waals surface area contributed by atoms with Gasteiger partial charge in [-0.3, -0.25) is 4.79 Å². The number of hydrogen-bond donors (Lipinski definition) is 1.